The van der Waals surface area contributed by atoms with Gasteiger partial charge in [-0.05, 0) is 29.2 Å². The number of fused-ring (bicyclic) bond motifs is 2. The summed E-state index contributed by atoms with van der Waals surface area (Å²) in [6, 6.07) is 0.323. The number of thioether (sulfide) groups is 1. The number of esters is 1. The lowest BCUT2D eigenvalue weighted by molar-refractivity contribution is -0.167. The zero-order chi connectivity index (χ0) is 14.6. The minimum Gasteiger partial charge on any atom is -0.436 e. The van der Waals surface area contributed by atoms with E-state index in [1.807, 2.05) is 18.7 Å². The van der Waals surface area contributed by atoms with E-state index < -0.39 is 12.5 Å². The second kappa shape index (κ2) is 5.26. The molecule has 0 saturated carbocycles. The van der Waals surface area contributed by atoms with Gasteiger partial charge in [0.15, 0.2) is 0 Å². The molecule has 5 nitrogen and oxygen atoms in total. The molecule has 0 bridgehead atoms. The van der Waals surface area contributed by atoms with Gasteiger partial charge in [0.2, 0.25) is 6.29 Å². The molecule has 0 amide bonds. The van der Waals surface area contributed by atoms with Crippen molar-refractivity contribution in [2.45, 2.75) is 44.7 Å². The van der Waals surface area contributed by atoms with Crippen LogP contribution in [0.2, 0.25) is 0 Å². The highest BCUT2D eigenvalue weighted by Gasteiger charge is 2.49. The van der Waals surface area contributed by atoms with Crippen LogP contribution in [0.15, 0.2) is 10.5 Å². The van der Waals surface area contributed by atoms with Gasteiger partial charge in [0.1, 0.15) is 6.23 Å². The smallest absolute Gasteiger partial charge is 0.311 e. The fourth-order valence-electron chi connectivity index (χ4n) is 4.00. The molecule has 116 valence electrons. The average Bonchev–Trinajstić information content (AvgIpc) is 3.13. The molecule has 3 heterocycles. The standard InChI is InChI=1S/C15H21NO4S/c1-7-4-12(20-15(7)18)19-6-10-9-5-11-8(2-3-21-11)13(9)16-14(10)17/h7,9-10,12-14,16-17H,2-6H2,1H3/t7?,9-,10?,12+,13-,14?/m1/s1. The van der Waals surface area contributed by atoms with Gasteiger partial charge < -0.3 is 14.6 Å². The van der Waals surface area contributed by atoms with Gasteiger partial charge in [-0.15, -0.1) is 11.8 Å². The number of aliphatic hydroxyl groups is 1. The fourth-order valence-corrected chi connectivity index (χ4v) is 5.30. The second-order valence-electron chi connectivity index (χ2n) is 6.50. The molecule has 0 aromatic rings. The Hall–Kier alpha value is -0.560. The highest BCUT2D eigenvalue weighted by molar-refractivity contribution is 8.03. The van der Waals surface area contributed by atoms with Crippen LogP contribution in [0.25, 0.3) is 0 Å². The SMILES string of the molecule is CC1C[C@@H](OCC2C(O)N[C@@H]3C4=C(C[C@H]23)SCC4)OC1=O. The minimum atomic E-state index is -0.519. The van der Waals surface area contributed by atoms with E-state index in [2.05, 4.69) is 5.32 Å². The summed E-state index contributed by atoms with van der Waals surface area (Å²) in [4.78, 5) is 12.9. The third kappa shape index (κ3) is 2.32. The summed E-state index contributed by atoms with van der Waals surface area (Å²) in [5, 5.41) is 13.6. The van der Waals surface area contributed by atoms with E-state index in [1.54, 1.807) is 0 Å². The Balaban J connectivity index is 1.37. The number of rotatable bonds is 3. The van der Waals surface area contributed by atoms with Crippen LogP contribution in [0.1, 0.15) is 26.2 Å². The molecule has 21 heavy (non-hydrogen) atoms. The summed E-state index contributed by atoms with van der Waals surface area (Å²) in [5.74, 6) is 1.43. The summed E-state index contributed by atoms with van der Waals surface area (Å²) in [6.07, 6.45) is 1.87. The maximum Gasteiger partial charge on any atom is 0.311 e. The van der Waals surface area contributed by atoms with Crippen LogP contribution in [0.5, 0.6) is 0 Å². The van der Waals surface area contributed by atoms with E-state index in [-0.39, 0.29) is 17.8 Å². The summed E-state index contributed by atoms with van der Waals surface area (Å²) >= 11 is 1.96. The van der Waals surface area contributed by atoms with Crippen molar-refractivity contribution in [1.29, 1.82) is 0 Å². The Bertz CT molecular complexity index is 494. The Morgan fingerprint density at radius 3 is 3.14 bits per heavy atom. The Morgan fingerprint density at radius 2 is 2.38 bits per heavy atom. The van der Waals surface area contributed by atoms with E-state index in [4.69, 9.17) is 9.47 Å². The van der Waals surface area contributed by atoms with Gasteiger partial charge in [-0.3, -0.25) is 10.1 Å². The molecule has 2 saturated heterocycles. The van der Waals surface area contributed by atoms with Crippen molar-refractivity contribution in [1.82, 2.24) is 5.32 Å². The van der Waals surface area contributed by atoms with Crippen LogP contribution < -0.4 is 5.32 Å². The molecule has 6 atom stereocenters. The van der Waals surface area contributed by atoms with Gasteiger partial charge in [0.25, 0.3) is 0 Å². The van der Waals surface area contributed by atoms with Crippen LogP contribution in [-0.2, 0) is 14.3 Å². The van der Waals surface area contributed by atoms with Gasteiger partial charge in [-0.2, -0.15) is 0 Å². The third-order valence-corrected chi connectivity index (χ3v) is 6.39. The lowest BCUT2D eigenvalue weighted by Crippen LogP contribution is -2.33. The number of nitrogens with one attached hydrogen (secondary N) is 1. The lowest BCUT2D eigenvalue weighted by Gasteiger charge is -2.22. The molecule has 0 aromatic carbocycles. The number of carbonyl (C=O) groups is 1. The van der Waals surface area contributed by atoms with E-state index in [1.165, 1.54) is 16.2 Å². The normalized spacial score (nSPS) is 45.1. The Morgan fingerprint density at radius 1 is 1.52 bits per heavy atom. The molecule has 2 N–H and O–H groups in total. The molecule has 4 aliphatic rings. The molecule has 6 heteroatoms. The summed E-state index contributed by atoms with van der Waals surface area (Å²) in [6.45, 7) is 2.31. The number of ether oxygens (including phenoxy) is 2. The molecule has 0 aromatic heterocycles. The van der Waals surface area contributed by atoms with Crippen molar-refractivity contribution in [2.75, 3.05) is 12.4 Å². The summed E-state index contributed by atoms with van der Waals surface area (Å²) in [7, 11) is 0. The van der Waals surface area contributed by atoms with Gasteiger partial charge in [0, 0.05) is 24.1 Å². The van der Waals surface area contributed by atoms with Gasteiger partial charge in [-0.1, -0.05) is 6.92 Å². The van der Waals surface area contributed by atoms with Crippen molar-refractivity contribution in [3.8, 4) is 0 Å². The summed E-state index contributed by atoms with van der Waals surface area (Å²) < 4.78 is 10.9. The van der Waals surface area contributed by atoms with Gasteiger partial charge in [0.05, 0.1) is 12.5 Å². The quantitative estimate of drug-likeness (QED) is 0.764. The first-order chi connectivity index (χ1) is 10.1. The zero-order valence-electron chi connectivity index (χ0n) is 12.1. The van der Waals surface area contributed by atoms with Crippen LogP contribution in [0.4, 0.5) is 0 Å². The number of carbonyl (C=O) groups excluding carboxylic acids is 1. The lowest BCUT2D eigenvalue weighted by atomic mass is 9.90. The summed E-state index contributed by atoms with van der Waals surface area (Å²) in [5.41, 5.74) is 1.51. The molecule has 3 aliphatic heterocycles. The number of hydrogen-bond donors (Lipinski definition) is 2. The van der Waals surface area contributed by atoms with Crippen molar-refractivity contribution < 1.29 is 19.4 Å². The largest absolute Gasteiger partial charge is 0.436 e. The zero-order valence-corrected chi connectivity index (χ0v) is 12.9. The Labute approximate surface area is 128 Å². The van der Waals surface area contributed by atoms with E-state index in [0.29, 0.717) is 25.0 Å². The van der Waals surface area contributed by atoms with Crippen LogP contribution in [0.3, 0.4) is 0 Å². The van der Waals surface area contributed by atoms with Crippen molar-refractivity contribution >= 4 is 17.7 Å². The molecular weight excluding hydrogens is 290 g/mol. The Kier molecular flexibility index (Phi) is 3.52. The molecule has 3 unspecified atom stereocenters. The highest BCUT2D eigenvalue weighted by Crippen LogP contribution is 2.50. The van der Waals surface area contributed by atoms with Crippen molar-refractivity contribution in [3.63, 3.8) is 0 Å². The number of cyclic esters (lactones) is 1. The molecular formula is C15H21NO4S. The number of aliphatic hydroxyl groups excluding tert-OH is 1. The van der Waals surface area contributed by atoms with Crippen LogP contribution in [-0.4, -0.2) is 42.0 Å². The topological polar surface area (TPSA) is 67.8 Å². The van der Waals surface area contributed by atoms with Crippen molar-refractivity contribution in [2.24, 2.45) is 17.8 Å². The first kappa shape index (κ1) is 14.1. The number of hydrogen-bond acceptors (Lipinski definition) is 6. The minimum absolute atomic E-state index is 0.0795. The predicted octanol–water partition coefficient (Wildman–Crippen LogP) is 1.23. The highest BCUT2D eigenvalue weighted by atomic mass is 32.2. The first-order valence-electron chi connectivity index (χ1n) is 7.74. The third-order valence-electron chi connectivity index (χ3n) is 5.21. The molecule has 2 fully saturated rings. The van der Waals surface area contributed by atoms with E-state index in [0.717, 1.165) is 12.8 Å². The monoisotopic (exact) mass is 311 g/mol. The van der Waals surface area contributed by atoms with Crippen LogP contribution >= 0.6 is 11.8 Å². The van der Waals surface area contributed by atoms with Crippen LogP contribution in [0, 0.1) is 17.8 Å². The van der Waals surface area contributed by atoms with E-state index in [9.17, 15) is 9.90 Å². The molecule has 4 rings (SSSR count). The molecule has 0 spiro atoms. The number of allylic oxidation sites excluding steroid dienone is 1. The van der Waals surface area contributed by atoms with Gasteiger partial charge in [-0.25, -0.2) is 0 Å². The average molecular weight is 311 g/mol. The first-order valence-corrected chi connectivity index (χ1v) is 8.73. The van der Waals surface area contributed by atoms with E-state index >= 15 is 0 Å². The van der Waals surface area contributed by atoms with Crippen molar-refractivity contribution in [3.05, 3.63) is 10.5 Å². The maximum absolute atomic E-state index is 11.4. The molecule has 1 aliphatic carbocycles. The fraction of sp³-hybridized carbons (Fsp3) is 0.800. The molecule has 0 radical (unpaired) electrons. The van der Waals surface area contributed by atoms with Gasteiger partial charge >= 0.3 is 5.97 Å². The predicted molar refractivity (Wildman–Crippen MR) is 78.2 cm³/mol. The maximum atomic E-state index is 11.4. The second-order valence-corrected chi connectivity index (χ2v) is 7.69.